The standard InChI is InChI=1S/C16H15ClFNO2/c1-21-16(20)11-19(10-12-5-3-2-4-6-12)13-7-8-15(18)14(17)9-13/h2-9H,10-11H2,1H3. The van der Waals surface area contributed by atoms with Gasteiger partial charge in [-0.25, -0.2) is 4.39 Å². The molecule has 0 spiro atoms. The van der Waals surface area contributed by atoms with Crippen molar-refractivity contribution in [2.45, 2.75) is 6.54 Å². The van der Waals surface area contributed by atoms with Crippen LogP contribution in [0.3, 0.4) is 0 Å². The van der Waals surface area contributed by atoms with E-state index in [2.05, 4.69) is 0 Å². The molecule has 0 radical (unpaired) electrons. The summed E-state index contributed by atoms with van der Waals surface area (Å²) in [4.78, 5) is 13.4. The zero-order valence-corrected chi connectivity index (χ0v) is 12.3. The fourth-order valence-corrected chi connectivity index (χ4v) is 2.12. The Bertz CT molecular complexity index is 619. The lowest BCUT2D eigenvalue weighted by Gasteiger charge is -2.24. The molecule has 0 aliphatic heterocycles. The maximum Gasteiger partial charge on any atom is 0.325 e. The van der Waals surface area contributed by atoms with E-state index in [0.717, 1.165) is 5.56 Å². The summed E-state index contributed by atoms with van der Waals surface area (Å²) < 4.78 is 18.0. The Labute approximate surface area is 127 Å². The number of anilines is 1. The van der Waals surface area contributed by atoms with E-state index in [-0.39, 0.29) is 17.5 Å². The van der Waals surface area contributed by atoms with Crippen molar-refractivity contribution in [1.82, 2.24) is 0 Å². The summed E-state index contributed by atoms with van der Waals surface area (Å²) in [5.41, 5.74) is 1.69. The highest BCUT2D eigenvalue weighted by atomic mass is 35.5. The molecule has 5 heteroatoms. The van der Waals surface area contributed by atoms with E-state index in [4.69, 9.17) is 16.3 Å². The minimum atomic E-state index is -0.488. The van der Waals surface area contributed by atoms with Crippen LogP contribution in [-0.2, 0) is 16.1 Å². The molecule has 0 saturated heterocycles. The fraction of sp³-hybridized carbons (Fsp3) is 0.188. The van der Waals surface area contributed by atoms with Gasteiger partial charge in [0.1, 0.15) is 12.4 Å². The van der Waals surface area contributed by atoms with Crippen molar-refractivity contribution in [1.29, 1.82) is 0 Å². The van der Waals surface area contributed by atoms with Crippen LogP contribution < -0.4 is 4.90 Å². The number of carbonyl (C=O) groups excluding carboxylic acids is 1. The predicted octanol–water partition coefficient (Wildman–Crippen LogP) is 3.66. The number of halogens is 2. The van der Waals surface area contributed by atoms with E-state index >= 15 is 0 Å². The zero-order valence-electron chi connectivity index (χ0n) is 11.6. The van der Waals surface area contributed by atoms with Crippen molar-refractivity contribution in [3.05, 3.63) is 64.9 Å². The van der Waals surface area contributed by atoms with Crippen LogP contribution in [0, 0.1) is 5.82 Å². The summed E-state index contributed by atoms with van der Waals surface area (Å²) >= 11 is 5.81. The average Bonchev–Trinajstić information content (AvgIpc) is 2.50. The van der Waals surface area contributed by atoms with Gasteiger partial charge in [-0.2, -0.15) is 0 Å². The van der Waals surface area contributed by atoms with Gasteiger partial charge in [0.15, 0.2) is 0 Å². The lowest BCUT2D eigenvalue weighted by atomic mass is 10.2. The van der Waals surface area contributed by atoms with Gasteiger partial charge in [-0.15, -0.1) is 0 Å². The van der Waals surface area contributed by atoms with Crippen molar-refractivity contribution >= 4 is 23.3 Å². The van der Waals surface area contributed by atoms with E-state index < -0.39 is 5.82 Å². The molecule has 0 atom stereocenters. The van der Waals surface area contributed by atoms with Gasteiger partial charge in [0, 0.05) is 12.2 Å². The summed E-state index contributed by atoms with van der Waals surface area (Å²) in [6, 6.07) is 14.0. The number of rotatable bonds is 5. The third-order valence-electron chi connectivity index (χ3n) is 3.03. The molecule has 21 heavy (non-hydrogen) atoms. The highest BCUT2D eigenvalue weighted by Crippen LogP contribution is 2.24. The highest BCUT2D eigenvalue weighted by molar-refractivity contribution is 6.31. The Kier molecular flexibility index (Phi) is 5.17. The van der Waals surface area contributed by atoms with Crippen molar-refractivity contribution < 1.29 is 13.9 Å². The maximum absolute atomic E-state index is 13.3. The summed E-state index contributed by atoms with van der Waals surface area (Å²) in [6.45, 7) is 0.561. The van der Waals surface area contributed by atoms with Crippen LogP contribution in [0.1, 0.15) is 5.56 Å². The van der Waals surface area contributed by atoms with Crippen molar-refractivity contribution in [2.75, 3.05) is 18.6 Å². The number of hydrogen-bond donors (Lipinski definition) is 0. The predicted molar refractivity (Wildman–Crippen MR) is 80.9 cm³/mol. The SMILES string of the molecule is COC(=O)CN(Cc1ccccc1)c1ccc(F)c(Cl)c1. The first-order chi connectivity index (χ1) is 10.1. The van der Waals surface area contributed by atoms with Gasteiger partial charge < -0.3 is 9.64 Å². The van der Waals surface area contributed by atoms with Crippen molar-refractivity contribution in [3.63, 3.8) is 0 Å². The number of benzene rings is 2. The Morgan fingerprint density at radius 1 is 1.24 bits per heavy atom. The first-order valence-electron chi connectivity index (χ1n) is 6.41. The van der Waals surface area contributed by atoms with Crippen LogP contribution in [-0.4, -0.2) is 19.6 Å². The van der Waals surface area contributed by atoms with Gasteiger partial charge >= 0.3 is 5.97 Å². The average molecular weight is 308 g/mol. The molecule has 0 fully saturated rings. The molecular weight excluding hydrogens is 293 g/mol. The maximum atomic E-state index is 13.3. The number of esters is 1. The third kappa shape index (κ3) is 4.20. The first-order valence-corrected chi connectivity index (χ1v) is 6.78. The van der Waals surface area contributed by atoms with Crippen LogP contribution in [0.4, 0.5) is 10.1 Å². The number of methoxy groups -OCH3 is 1. The number of ether oxygens (including phenoxy) is 1. The van der Waals surface area contributed by atoms with Gasteiger partial charge in [0.25, 0.3) is 0 Å². The Balaban J connectivity index is 2.26. The van der Waals surface area contributed by atoms with Gasteiger partial charge in [0.2, 0.25) is 0 Å². The summed E-state index contributed by atoms with van der Waals surface area (Å²) in [5.74, 6) is -0.857. The van der Waals surface area contributed by atoms with Crippen LogP contribution in [0.25, 0.3) is 0 Å². The smallest absolute Gasteiger partial charge is 0.325 e. The zero-order chi connectivity index (χ0) is 15.2. The minimum Gasteiger partial charge on any atom is -0.468 e. The molecule has 0 N–H and O–H groups in total. The molecule has 0 aliphatic rings. The summed E-state index contributed by atoms with van der Waals surface area (Å²) in [7, 11) is 1.33. The van der Waals surface area contributed by atoms with E-state index in [1.807, 2.05) is 30.3 Å². The largest absolute Gasteiger partial charge is 0.468 e. The first kappa shape index (κ1) is 15.3. The lowest BCUT2D eigenvalue weighted by molar-refractivity contribution is -0.138. The van der Waals surface area contributed by atoms with Crippen molar-refractivity contribution in [3.8, 4) is 0 Å². The molecule has 0 bridgehead atoms. The molecule has 110 valence electrons. The molecule has 0 amide bonds. The molecule has 0 aromatic heterocycles. The Hall–Kier alpha value is -2.07. The molecule has 0 saturated carbocycles. The fourth-order valence-electron chi connectivity index (χ4n) is 1.94. The second kappa shape index (κ2) is 7.09. The second-order valence-corrected chi connectivity index (χ2v) is 4.92. The number of nitrogens with zero attached hydrogens (tertiary/aromatic N) is 1. The third-order valence-corrected chi connectivity index (χ3v) is 3.32. The van der Waals surface area contributed by atoms with Crippen LogP contribution in [0.15, 0.2) is 48.5 Å². The Morgan fingerprint density at radius 2 is 1.95 bits per heavy atom. The van der Waals surface area contributed by atoms with E-state index in [9.17, 15) is 9.18 Å². The minimum absolute atomic E-state index is 0.0235. The summed E-state index contributed by atoms with van der Waals surface area (Å²) in [5, 5.41) is 0.0235. The van der Waals surface area contributed by atoms with E-state index in [1.165, 1.54) is 19.2 Å². The van der Waals surface area contributed by atoms with Crippen LogP contribution >= 0.6 is 11.6 Å². The molecular formula is C16H15ClFNO2. The van der Waals surface area contributed by atoms with Gasteiger partial charge in [-0.05, 0) is 23.8 Å². The number of carbonyl (C=O) groups is 1. The van der Waals surface area contributed by atoms with E-state index in [0.29, 0.717) is 12.2 Å². The van der Waals surface area contributed by atoms with Crippen LogP contribution in [0.5, 0.6) is 0 Å². The van der Waals surface area contributed by atoms with Crippen LogP contribution in [0.2, 0.25) is 5.02 Å². The summed E-state index contributed by atoms with van der Waals surface area (Å²) in [6.07, 6.45) is 0. The van der Waals surface area contributed by atoms with Gasteiger partial charge in [-0.1, -0.05) is 41.9 Å². The second-order valence-electron chi connectivity index (χ2n) is 4.52. The Morgan fingerprint density at radius 3 is 2.57 bits per heavy atom. The normalized spacial score (nSPS) is 10.2. The van der Waals surface area contributed by atoms with Gasteiger partial charge in [0.05, 0.1) is 12.1 Å². The van der Waals surface area contributed by atoms with E-state index in [1.54, 1.807) is 11.0 Å². The quantitative estimate of drug-likeness (QED) is 0.790. The molecule has 3 nitrogen and oxygen atoms in total. The topological polar surface area (TPSA) is 29.5 Å². The lowest BCUT2D eigenvalue weighted by Crippen LogP contribution is -2.30. The molecule has 2 aromatic rings. The van der Waals surface area contributed by atoms with Crippen molar-refractivity contribution in [2.24, 2.45) is 0 Å². The monoisotopic (exact) mass is 307 g/mol. The molecule has 0 heterocycles. The molecule has 0 aliphatic carbocycles. The number of hydrogen-bond acceptors (Lipinski definition) is 3. The molecule has 2 aromatic carbocycles. The molecule has 0 unspecified atom stereocenters. The molecule has 2 rings (SSSR count). The van der Waals surface area contributed by atoms with Gasteiger partial charge in [-0.3, -0.25) is 4.79 Å². The highest BCUT2D eigenvalue weighted by Gasteiger charge is 2.14.